The first-order valence-corrected chi connectivity index (χ1v) is 26.0. The SMILES string of the molecule is CCCC[NH+](CCCC)CCCC.CCCC[NH+](CCCC)CCCC.[B-]P(=O)(OC[C@H]1O[C@@H](n2cnc3c(N)ncnc32)[C@@H]2OC(OC)O[C@@H]21)OP(=O)(O)OP(=O)([O-])O. The molecule has 2 fully saturated rings. The molecule has 0 bridgehead atoms. The van der Waals surface area contributed by atoms with E-state index in [4.69, 9.17) is 41.7 Å². The van der Waals surface area contributed by atoms with E-state index in [9.17, 15) is 23.5 Å². The molecule has 2 aromatic heterocycles. The lowest BCUT2D eigenvalue weighted by Gasteiger charge is -2.30. The summed E-state index contributed by atoms with van der Waals surface area (Å²) in [7, 11) is -9.68. The number of nitrogens with one attached hydrogen (secondary N) is 2. The summed E-state index contributed by atoms with van der Waals surface area (Å²) in [5, 5.41) is 0. The molecule has 20 nitrogen and oxygen atoms in total. The van der Waals surface area contributed by atoms with Crippen LogP contribution < -0.4 is 20.4 Å². The van der Waals surface area contributed by atoms with Crippen molar-refractivity contribution in [2.24, 2.45) is 0 Å². The standard InChI is InChI=1S/C12H17BN5O13P3.2C12H27N/c1-25-12-28-7-5(2-26-32(13,19)30-34(23,24)31-33(20,21)22)27-11(8(7)29-12)18-4-17-6-9(14)15-3-16-10(6)18;2*1-4-7-10-13(11-8-5-2)12-9-6-3/h3-5,7-8,11-12H,2H2,1H3,(H,23,24)(H2,14,15,16)(H2,20,21,22);2*4-12H2,1-3H3/q-1;;/p+1/t5-,7-,8-,11-,12?,32?;;/m1../s1. The summed E-state index contributed by atoms with van der Waals surface area (Å²) < 4.78 is 70.5. The second-order valence-corrected chi connectivity index (χ2v) is 19.4. The van der Waals surface area contributed by atoms with Crippen molar-refractivity contribution in [1.82, 2.24) is 19.5 Å². The molecule has 4 heterocycles. The molecule has 3 radical (unpaired) electrons. The normalized spacial score (nSPS) is 23.1. The maximum atomic E-state index is 12.3. The van der Waals surface area contributed by atoms with E-state index in [0.29, 0.717) is 11.2 Å². The van der Waals surface area contributed by atoms with Crippen LogP contribution in [0.5, 0.6) is 0 Å². The van der Waals surface area contributed by atoms with Gasteiger partial charge in [0.15, 0.2) is 17.7 Å². The lowest BCUT2D eigenvalue weighted by atomic mass is 10.1. The van der Waals surface area contributed by atoms with Gasteiger partial charge in [0.1, 0.15) is 30.2 Å². The van der Waals surface area contributed by atoms with Gasteiger partial charge < -0.3 is 65.8 Å². The van der Waals surface area contributed by atoms with Crippen molar-refractivity contribution in [2.45, 2.75) is 150 Å². The van der Waals surface area contributed by atoms with E-state index in [-0.39, 0.29) is 5.82 Å². The Labute approximate surface area is 357 Å². The maximum Gasteiger partial charge on any atom is 0.483 e. The van der Waals surface area contributed by atoms with E-state index in [0.717, 1.165) is 0 Å². The Hall–Kier alpha value is -1.38. The number of aromatic nitrogens is 4. The molecule has 0 aliphatic carbocycles. The van der Waals surface area contributed by atoms with Crippen molar-refractivity contribution in [1.29, 1.82) is 0 Å². The summed E-state index contributed by atoms with van der Waals surface area (Å²) >= 11 is 0. The Morgan fingerprint density at radius 2 is 1.23 bits per heavy atom. The fraction of sp³-hybridized carbons (Fsp3) is 0.861. The number of nitrogen functional groups attached to an aromatic ring is 1. The zero-order valence-corrected chi connectivity index (χ0v) is 39.3. The molecule has 0 saturated carbocycles. The Morgan fingerprint density at radius 1 is 0.767 bits per heavy atom. The molecule has 2 aliphatic heterocycles. The first kappa shape index (κ1) is 54.8. The first-order chi connectivity index (χ1) is 28.5. The monoisotopic (exact) mass is 914 g/mol. The van der Waals surface area contributed by atoms with Gasteiger partial charge in [-0.15, -0.1) is 0 Å². The van der Waals surface area contributed by atoms with Crippen molar-refractivity contribution < 1.29 is 70.3 Å². The molecule has 2 saturated heterocycles. The zero-order chi connectivity index (χ0) is 44.8. The number of nitrogens with two attached hydrogens (primary N) is 1. The van der Waals surface area contributed by atoms with Gasteiger partial charge in [0.05, 0.1) is 59.7 Å². The van der Waals surface area contributed by atoms with E-state index in [1.54, 1.807) is 0 Å². The highest BCUT2D eigenvalue weighted by atomic mass is 31.3. The smallest absolute Gasteiger partial charge is 0.483 e. The van der Waals surface area contributed by atoms with Gasteiger partial charge in [-0.3, -0.25) is 9.13 Å². The first-order valence-electron chi connectivity index (χ1n) is 21.4. The Kier molecular flexibility index (Phi) is 25.9. The van der Waals surface area contributed by atoms with Gasteiger partial charge in [0.2, 0.25) is 0 Å². The highest BCUT2D eigenvalue weighted by molar-refractivity contribution is 7.84. The minimum absolute atomic E-state index is 0.124. The second kappa shape index (κ2) is 28.4. The predicted octanol–water partition coefficient (Wildman–Crippen LogP) is 3.45. The molecule has 2 aliphatic rings. The van der Waals surface area contributed by atoms with Crippen LogP contribution in [0, 0.1) is 0 Å². The number of ether oxygens (including phenoxy) is 4. The highest BCUT2D eigenvalue weighted by Gasteiger charge is 2.54. The summed E-state index contributed by atoms with van der Waals surface area (Å²) in [5.74, 6) is 0.124. The zero-order valence-electron chi connectivity index (χ0n) is 36.6. The fourth-order valence-electron chi connectivity index (χ4n) is 6.63. The molecule has 0 amide bonds. The summed E-state index contributed by atoms with van der Waals surface area (Å²) in [6, 6.07) is 0. The number of rotatable bonds is 27. The van der Waals surface area contributed by atoms with Crippen molar-refractivity contribution in [3.05, 3.63) is 12.7 Å². The van der Waals surface area contributed by atoms with E-state index in [1.807, 2.05) is 9.80 Å². The van der Waals surface area contributed by atoms with Crippen molar-refractivity contribution in [3.8, 4) is 0 Å². The van der Waals surface area contributed by atoms with Crippen LogP contribution in [-0.2, 0) is 45.8 Å². The molecule has 4 unspecified atom stereocenters. The highest BCUT2D eigenvalue weighted by Crippen LogP contribution is 2.65. The molecule has 0 aromatic carbocycles. The molecule has 6 N–H and O–H groups in total. The van der Waals surface area contributed by atoms with Crippen molar-refractivity contribution in [3.63, 3.8) is 0 Å². The Balaban J connectivity index is 0.000000393. The number of nitrogens with zero attached hydrogens (tertiary/aromatic N) is 4. The maximum absolute atomic E-state index is 12.3. The van der Waals surface area contributed by atoms with Gasteiger partial charge in [-0.05, 0) is 38.5 Å². The molecule has 0 spiro atoms. The van der Waals surface area contributed by atoms with Crippen molar-refractivity contribution in [2.75, 3.05) is 58.7 Å². The topological polar surface area (TPSA) is 258 Å². The summed E-state index contributed by atoms with van der Waals surface area (Å²) in [6.45, 7) is 20.4. The average molecular weight is 915 g/mol. The van der Waals surface area contributed by atoms with Gasteiger partial charge in [-0.25, -0.2) is 28.1 Å². The largest absolute Gasteiger partial charge is 0.756 e. The third kappa shape index (κ3) is 20.0. The number of methoxy groups -OCH3 is 1. The van der Waals surface area contributed by atoms with Gasteiger partial charge in [0, 0.05) is 7.11 Å². The number of unbranched alkanes of at least 4 members (excludes halogenated alkanes) is 6. The number of quaternary nitrogens is 2. The number of fused-ring (bicyclic) bond motifs is 2. The number of imidazole rings is 1. The Morgan fingerprint density at radius 3 is 1.67 bits per heavy atom. The van der Waals surface area contributed by atoms with E-state index < -0.39 is 60.7 Å². The lowest BCUT2D eigenvalue weighted by Crippen LogP contribution is -3.12. The van der Waals surface area contributed by atoms with E-state index >= 15 is 0 Å². The number of phosphoric acid groups is 2. The lowest BCUT2D eigenvalue weighted by molar-refractivity contribution is -0.900. The van der Waals surface area contributed by atoms with E-state index in [1.165, 1.54) is 141 Å². The summed E-state index contributed by atoms with van der Waals surface area (Å²) in [6.07, 6.45) is 15.4. The van der Waals surface area contributed by atoms with Crippen LogP contribution >= 0.6 is 23.1 Å². The second-order valence-electron chi connectivity index (χ2n) is 14.9. The van der Waals surface area contributed by atoms with E-state index in [2.05, 4.69) is 65.1 Å². The van der Waals surface area contributed by atoms with Gasteiger partial charge in [-0.2, -0.15) is 0 Å². The number of anilines is 1. The molecule has 8 atom stereocenters. The quantitative estimate of drug-likeness (QED) is 0.0635. The van der Waals surface area contributed by atoms with Crippen molar-refractivity contribution >= 4 is 47.7 Å². The summed E-state index contributed by atoms with van der Waals surface area (Å²) in [5.41, 5.74) is 6.40. The molecule has 4 rings (SSSR count). The van der Waals surface area contributed by atoms with Crippen LogP contribution in [0.4, 0.5) is 5.82 Å². The number of hydrogen-bond donors (Lipinski definition) is 5. The molecular formula is C36H72BN7O13P3. The van der Waals surface area contributed by atoms with Crippen LogP contribution in [0.15, 0.2) is 12.7 Å². The van der Waals surface area contributed by atoms with Crippen LogP contribution in [0.1, 0.15) is 125 Å². The van der Waals surface area contributed by atoms with Gasteiger partial charge in [-0.1, -0.05) is 80.1 Å². The third-order valence-corrected chi connectivity index (χ3v) is 13.7. The van der Waals surface area contributed by atoms with Crippen LogP contribution in [0.25, 0.3) is 11.2 Å². The van der Waals surface area contributed by atoms with Crippen LogP contribution in [-0.4, -0.2) is 115 Å². The van der Waals surface area contributed by atoms with Gasteiger partial charge >= 0.3 is 7.82 Å². The van der Waals surface area contributed by atoms with Gasteiger partial charge in [0.25, 0.3) is 14.3 Å². The molecule has 2 aromatic rings. The molecular weight excluding hydrogens is 842 g/mol. The molecule has 347 valence electrons. The predicted molar refractivity (Wildman–Crippen MR) is 226 cm³/mol. The molecule has 24 heteroatoms. The molecule has 60 heavy (non-hydrogen) atoms. The summed E-state index contributed by atoms with van der Waals surface area (Å²) in [4.78, 5) is 44.3. The average Bonchev–Trinajstić information content (AvgIpc) is 3.90. The Bertz CT molecular complexity index is 1570. The minimum Gasteiger partial charge on any atom is -0.756 e. The number of hydrogen-bond acceptors (Lipinski definition) is 15. The van der Waals surface area contributed by atoms with Crippen LogP contribution in [0.3, 0.4) is 0 Å². The van der Waals surface area contributed by atoms with Crippen LogP contribution in [0.2, 0.25) is 0 Å². The minimum atomic E-state index is -5.72. The fourth-order valence-corrected chi connectivity index (χ4v) is 9.76. The third-order valence-electron chi connectivity index (χ3n) is 9.82.